The molecular weight excluding hydrogens is 841 g/mol. The van der Waals surface area contributed by atoms with Crippen molar-refractivity contribution >= 4 is 56.8 Å². The lowest BCUT2D eigenvalue weighted by molar-refractivity contribution is -0.137. The molecule has 0 saturated carbocycles. The van der Waals surface area contributed by atoms with Gasteiger partial charge in [-0.05, 0) is 133 Å². The lowest BCUT2D eigenvalue weighted by atomic mass is 9.90. The minimum Gasteiger partial charge on any atom is -0.453 e. The third-order valence-electron chi connectivity index (χ3n) is 14.1. The van der Waals surface area contributed by atoms with E-state index in [1.165, 1.54) is 14.2 Å². The number of aromatic amines is 2. The number of fused-ring (bicyclic) bond motifs is 3. The Morgan fingerprint density at radius 2 is 0.970 bits per heavy atom. The number of hydrogen-bond donors (Lipinski definition) is 4. The molecular formula is C50H56N8O8. The van der Waals surface area contributed by atoms with E-state index in [1.807, 2.05) is 21.9 Å². The van der Waals surface area contributed by atoms with Crippen LogP contribution in [0.5, 0.6) is 0 Å². The van der Waals surface area contributed by atoms with Crippen molar-refractivity contribution in [3.63, 3.8) is 0 Å². The van der Waals surface area contributed by atoms with Gasteiger partial charge in [0.15, 0.2) is 0 Å². The predicted molar refractivity (Wildman–Crippen MR) is 247 cm³/mol. The number of hydrogen-bond acceptors (Lipinski definition) is 10. The minimum absolute atomic E-state index is 0.0323. The highest BCUT2D eigenvalue weighted by molar-refractivity contribution is 5.93. The highest BCUT2D eigenvalue weighted by atomic mass is 16.5. The molecule has 4 aromatic carbocycles. The number of benzene rings is 4. The molecule has 16 nitrogen and oxygen atoms in total. The average Bonchev–Trinajstić information content (AvgIpc) is 4.20. The number of alkyl carbamates (subject to hydrolysis) is 2. The fraction of sp³-hybridized carbons (Fsp3) is 0.440. The van der Waals surface area contributed by atoms with Crippen LogP contribution < -0.4 is 10.6 Å². The fourth-order valence-electron chi connectivity index (χ4n) is 10.6. The van der Waals surface area contributed by atoms with Gasteiger partial charge in [0.1, 0.15) is 23.7 Å². The maximum absolute atomic E-state index is 14.1. The van der Waals surface area contributed by atoms with Gasteiger partial charge in [-0.25, -0.2) is 19.6 Å². The van der Waals surface area contributed by atoms with Crippen LogP contribution in [0, 0.1) is 11.8 Å². The molecule has 4 N–H and O–H groups in total. The summed E-state index contributed by atoms with van der Waals surface area (Å²) in [6, 6.07) is 23.6. The smallest absolute Gasteiger partial charge is 0.407 e. The topological polar surface area (TPSA) is 193 Å². The number of amides is 4. The van der Waals surface area contributed by atoms with Crippen molar-refractivity contribution in [2.24, 2.45) is 11.8 Å². The molecule has 4 amide bonds. The Hall–Kier alpha value is -6.52. The van der Waals surface area contributed by atoms with Crippen molar-refractivity contribution in [2.45, 2.75) is 75.5 Å². The third-order valence-corrected chi connectivity index (χ3v) is 14.1. The first-order chi connectivity index (χ1) is 32.2. The van der Waals surface area contributed by atoms with Crippen molar-refractivity contribution in [2.75, 3.05) is 53.7 Å². The summed E-state index contributed by atoms with van der Waals surface area (Å²) in [5.41, 5.74) is 7.69. The molecule has 344 valence electrons. The summed E-state index contributed by atoms with van der Waals surface area (Å²) in [6.45, 7) is 3.41. The minimum atomic E-state index is -0.690. The molecule has 4 aliphatic heterocycles. The van der Waals surface area contributed by atoms with Crippen LogP contribution in [0.15, 0.2) is 72.8 Å². The second-order valence-corrected chi connectivity index (χ2v) is 18.0. The molecule has 0 aliphatic carbocycles. The van der Waals surface area contributed by atoms with Crippen LogP contribution in [0.4, 0.5) is 9.59 Å². The number of imidazole rings is 2. The van der Waals surface area contributed by atoms with Crippen LogP contribution in [0.2, 0.25) is 0 Å². The maximum Gasteiger partial charge on any atom is 0.407 e. The Balaban J connectivity index is 0.848. The Bertz CT molecular complexity index is 2590. The zero-order chi connectivity index (χ0) is 45.3. The summed E-state index contributed by atoms with van der Waals surface area (Å²) in [5, 5.41) is 7.88. The van der Waals surface area contributed by atoms with Gasteiger partial charge in [-0.15, -0.1) is 0 Å². The van der Waals surface area contributed by atoms with Gasteiger partial charge in [0.2, 0.25) is 11.8 Å². The second kappa shape index (κ2) is 18.8. The van der Waals surface area contributed by atoms with E-state index in [0.29, 0.717) is 65.2 Å². The molecule has 0 bridgehead atoms. The monoisotopic (exact) mass is 896 g/mol. The number of aromatic nitrogens is 4. The summed E-state index contributed by atoms with van der Waals surface area (Å²) in [7, 11) is 2.63. The molecule has 4 saturated heterocycles. The highest BCUT2D eigenvalue weighted by Crippen LogP contribution is 2.37. The van der Waals surface area contributed by atoms with Crippen LogP contribution in [-0.2, 0) is 28.5 Å². The number of carbonyl (C=O) groups is 4. The highest BCUT2D eigenvalue weighted by Gasteiger charge is 2.42. The molecule has 66 heavy (non-hydrogen) atoms. The average molecular weight is 897 g/mol. The van der Waals surface area contributed by atoms with Gasteiger partial charge < -0.3 is 49.3 Å². The largest absolute Gasteiger partial charge is 0.453 e. The molecule has 0 radical (unpaired) electrons. The Morgan fingerprint density at radius 3 is 1.38 bits per heavy atom. The summed E-state index contributed by atoms with van der Waals surface area (Å²) >= 11 is 0. The van der Waals surface area contributed by atoms with Crippen molar-refractivity contribution in [1.82, 2.24) is 40.4 Å². The predicted octanol–water partition coefficient (Wildman–Crippen LogP) is 7.56. The zero-order valence-electron chi connectivity index (χ0n) is 37.3. The van der Waals surface area contributed by atoms with Gasteiger partial charge >= 0.3 is 12.2 Å². The molecule has 10 rings (SSSR count). The summed E-state index contributed by atoms with van der Waals surface area (Å²) in [5.74, 6) is 1.20. The molecule has 6 aromatic rings. The van der Waals surface area contributed by atoms with Gasteiger partial charge in [0.25, 0.3) is 0 Å². The number of nitrogens with zero attached hydrogens (tertiary/aromatic N) is 4. The van der Waals surface area contributed by atoms with Crippen molar-refractivity contribution in [3.05, 3.63) is 84.4 Å². The van der Waals surface area contributed by atoms with Gasteiger partial charge in [0, 0.05) is 39.5 Å². The van der Waals surface area contributed by atoms with Crippen molar-refractivity contribution < 1.29 is 38.1 Å². The van der Waals surface area contributed by atoms with Crippen LogP contribution in [0.3, 0.4) is 0 Å². The van der Waals surface area contributed by atoms with Gasteiger partial charge in [-0.2, -0.15) is 0 Å². The first-order valence-electron chi connectivity index (χ1n) is 23.2. The normalized spacial score (nSPS) is 20.5. The molecule has 4 unspecified atom stereocenters. The first-order valence-corrected chi connectivity index (χ1v) is 23.2. The summed E-state index contributed by atoms with van der Waals surface area (Å²) in [4.78, 5) is 73.6. The lowest BCUT2D eigenvalue weighted by Gasteiger charge is -2.34. The molecule has 4 fully saturated rings. The maximum atomic E-state index is 14.1. The van der Waals surface area contributed by atoms with E-state index < -0.39 is 24.3 Å². The number of H-pyrrole nitrogens is 2. The number of nitrogens with one attached hydrogen (secondary N) is 4. The van der Waals surface area contributed by atoms with Crippen molar-refractivity contribution in [3.8, 4) is 22.3 Å². The Morgan fingerprint density at radius 1 is 0.576 bits per heavy atom. The van der Waals surface area contributed by atoms with Crippen molar-refractivity contribution in [1.29, 1.82) is 0 Å². The third kappa shape index (κ3) is 8.66. The SMILES string of the molecule is COC(=O)NC(C(=O)N1CCCC1c1nc2ccc(-c3ccc4cc(-c5ccc6nc(C7CCCN7C(=O)C(NC(=O)OC)C7CCOCC7)[nH]c6c5)ccc4c3)cc2[nH]1)C1CCOCC1. The molecule has 4 aliphatic rings. The van der Waals surface area contributed by atoms with E-state index in [1.54, 1.807) is 0 Å². The van der Waals surface area contributed by atoms with E-state index >= 15 is 0 Å². The van der Waals surface area contributed by atoms with Crippen LogP contribution in [0.25, 0.3) is 55.1 Å². The van der Waals surface area contributed by atoms with E-state index in [9.17, 15) is 19.2 Å². The standard InChI is InChI=1S/C50H56N8O8/c1-63-49(61)55-43(29-15-21-65-22-16-29)47(59)57-19-3-5-41(57)45-51-37-13-11-35(27-39(37)53-45)33-9-7-32-26-34(10-8-31(32)25-33)36-12-14-38-40(28-36)54-46(52-38)42-6-4-20-58(42)48(60)44(56-50(62)64-2)30-17-23-66-24-18-30/h7-14,25-30,41-44H,3-6,15-24H2,1-2H3,(H,51,53)(H,52,54)(H,55,61)(H,56,62). The van der Waals surface area contributed by atoms with Crippen LogP contribution >= 0.6 is 0 Å². The van der Waals surface area contributed by atoms with E-state index in [-0.39, 0.29) is 35.7 Å². The summed E-state index contributed by atoms with van der Waals surface area (Å²) in [6.07, 6.45) is 4.78. The van der Waals surface area contributed by atoms with Gasteiger partial charge in [0.05, 0.1) is 48.4 Å². The van der Waals surface area contributed by atoms with E-state index in [0.717, 1.165) is 92.4 Å². The van der Waals surface area contributed by atoms with Gasteiger partial charge in [-0.3, -0.25) is 9.59 Å². The zero-order valence-corrected chi connectivity index (χ0v) is 37.3. The quantitative estimate of drug-likeness (QED) is 0.107. The number of likely N-dealkylation sites (tertiary alicyclic amines) is 2. The lowest BCUT2D eigenvalue weighted by Crippen LogP contribution is -2.53. The van der Waals surface area contributed by atoms with E-state index in [2.05, 4.69) is 81.3 Å². The molecule has 4 atom stereocenters. The van der Waals surface area contributed by atoms with Crippen LogP contribution in [0.1, 0.15) is 75.1 Å². The molecule has 6 heterocycles. The molecule has 0 spiro atoms. The molecule has 2 aromatic heterocycles. The second-order valence-electron chi connectivity index (χ2n) is 18.0. The number of carbonyl (C=O) groups excluding carboxylic acids is 4. The number of rotatable bonds is 10. The van der Waals surface area contributed by atoms with Crippen LogP contribution in [-0.4, -0.2) is 120 Å². The Kier molecular flexibility index (Phi) is 12.3. The Labute approximate surface area is 382 Å². The summed E-state index contributed by atoms with van der Waals surface area (Å²) < 4.78 is 20.9. The van der Waals surface area contributed by atoms with E-state index in [4.69, 9.17) is 28.9 Å². The van der Waals surface area contributed by atoms with Gasteiger partial charge in [-0.1, -0.05) is 36.4 Å². The molecule has 16 heteroatoms. The first kappa shape index (κ1) is 43.4. The number of ether oxygens (including phenoxy) is 4. The fourth-order valence-corrected chi connectivity index (χ4v) is 10.6. The number of methoxy groups -OCH3 is 2.